The van der Waals surface area contributed by atoms with E-state index in [0.29, 0.717) is 12.0 Å². The summed E-state index contributed by atoms with van der Waals surface area (Å²) in [5.74, 6) is 0. The first kappa shape index (κ1) is 9.04. The molecule has 1 aliphatic rings. The molecule has 0 saturated carbocycles. The van der Waals surface area contributed by atoms with Gasteiger partial charge in [-0.25, -0.2) is 0 Å². The number of hydrogen-bond acceptors (Lipinski definition) is 4. The molecule has 0 fully saturated rings. The number of nitrogens with zero attached hydrogens (tertiary/aromatic N) is 2. The van der Waals surface area contributed by atoms with Gasteiger partial charge in [-0.3, -0.25) is 0 Å². The fourth-order valence-corrected chi connectivity index (χ4v) is 1.37. The molecule has 0 aromatic carbocycles. The molecule has 2 atom stereocenters. The molecule has 1 rings (SSSR count). The molecule has 4 heteroatoms. The van der Waals surface area contributed by atoms with Gasteiger partial charge in [0.2, 0.25) is 0 Å². The normalized spacial score (nSPS) is 29.5. The SMILES string of the molecule is CO[C@@H]1[C@H](O)CC(C#N)=CN1C. The van der Waals surface area contributed by atoms with Crippen LogP contribution in [0, 0.1) is 11.3 Å². The van der Waals surface area contributed by atoms with Crippen molar-refractivity contribution in [1.82, 2.24) is 4.90 Å². The number of ether oxygens (including phenoxy) is 1. The van der Waals surface area contributed by atoms with Crippen molar-refractivity contribution in [2.75, 3.05) is 14.2 Å². The van der Waals surface area contributed by atoms with Crippen molar-refractivity contribution in [3.05, 3.63) is 11.8 Å². The molecule has 66 valence electrons. The summed E-state index contributed by atoms with van der Waals surface area (Å²) in [5.41, 5.74) is 0.582. The largest absolute Gasteiger partial charge is 0.388 e. The van der Waals surface area contributed by atoms with Gasteiger partial charge in [-0.1, -0.05) is 0 Å². The van der Waals surface area contributed by atoms with Crippen LogP contribution in [0.3, 0.4) is 0 Å². The van der Waals surface area contributed by atoms with E-state index in [1.807, 2.05) is 6.07 Å². The van der Waals surface area contributed by atoms with Crippen LogP contribution in [0.4, 0.5) is 0 Å². The fraction of sp³-hybridized carbons (Fsp3) is 0.625. The molecule has 1 heterocycles. The molecule has 0 aliphatic carbocycles. The van der Waals surface area contributed by atoms with E-state index in [0.717, 1.165) is 0 Å². The van der Waals surface area contributed by atoms with Crippen molar-refractivity contribution in [1.29, 1.82) is 5.26 Å². The Morgan fingerprint density at radius 2 is 2.50 bits per heavy atom. The molecule has 1 N–H and O–H groups in total. The molecule has 0 saturated heterocycles. The average Bonchev–Trinajstić information content (AvgIpc) is 2.03. The van der Waals surface area contributed by atoms with Gasteiger partial charge in [0.05, 0.1) is 6.07 Å². The van der Waals surface area contributed by atoms with Crippen molar-refractivity contribution >= 4 is 0 Å². The van der Waals surface area contributed by atoms with Gasteiger partial charge in [-0.05, 0) is 0 Å². The zero-order valence-corrected chi connectivity index (χ0v) is 7.19. The second-order valence-corrected chi connectivity index (χ2v) is 2.83. The summed E-state index contributed by atoms with van der Waals surface area (Å²) < 4.78 is 5.03. The molecule has 1 aliphatic heterocycles. The van der Waals surface area contributed by atoms with Crippen molar-refractivity contribution in [3.63, 3.8) is 0 Å². The minimum Gasteiger partial charge on any atom is -0.388 e. The molecular weight excluding hydrogens is 156 g/mol. The van der Waals surface area contributed by atoms with Gasteiger partial charge in [-0.2, -0.15) is 5.26 Å². The van der Waals surface area contributed by atoms with E-state index in [9.17, 15) is 5.11 Å². The van der Waals surface area contributed by atoms with Crippen LogP contribution in [0.2, 0.25) is 0 Å². The summed E-state index contributed by atoms with van der Waals surface area (Å²) in [6.45, 7) is 0. The third-order valence-corrected chi connectivity index (χ3v) is 1.90. The highest BCUT2D eigenvalue weighted by molar-refractivity contribution is 5.23. The van der Waals surface area contributed by atoms with Crippen LogP contribution in [0.5, 0.6) is 0 Å². The highest BCUT2D eigenvalue weighted by atomic mass is 16.5. The van der Waals surface area contributed by atoms with Crippen LogP contribution < -0.4 is 0 Å². The molecule has 0 spiro atoms. The second-order valence-electron chi connectivity index (χ2n) is 2.83. The molecule has 0 aromatic rings. The predicted molar refractivity (Wildman–Crippen MR) is 42.9 cm³/mol. The lowest BCUT2D eigenvalue weighted by molar-refractivity contribution is -0.0852. The van der Waals surface area contributed by atoms with E-state index in [4.69, 9.17) is 10.00 Å². The van der Waals surface area contributed by atoms with Crippen molar-refractivity contribution in [3.8, 4) is 6.07 Å². The van der Waals surface area contributed by atoms with E-state index < -0.39 is 6.10 Å². The minimum absolute atomic E-state index is 0.331. The number of likely N-dealkylation sites (N-methyl/N-ethyl adjacent to an activating group) is 1. The zero-order valence-electron chi connectivity index (χ0n) is 7.19. The topological polar surface area (TPSA) is 56.5 Å². The lowest BCUT2D eigenvalue weighted by Crippen LogP contribution is -2.43. The van der Waals surface area contributed by atoms with E-state index in [-0.39, 0.29) is 6.23 Å². The number of aliphatic hydroxyl groups is 1. The molecular formula is C8H12N2O2. The summed E-state index contributed by atoms with van der Waals surface area (Å²) in [6, 6.07) is 2.01. The smallest absolute Gasteiger partial charge is 0.155 e. The fourth-order valence-electron chi connectivity index (χ4n) is 1.37. The van der Waals surface area contributed by atoms with Crippen molar-refractivity contribution in [2.45, 2.75) is 18.8 Å². The predicted octanol–water partition coefficient (Wildman–Crippen LogP) is 0.0628. The monoisotopic (exact) mass is 168 g/mol. The van der Waals surface area contributed by atoms with Crippen LogP contribution in [0.1, 0.15) is 6.42 Å². The third-order valence-electron chi connectivity index (χ3n) is 1.90. The molecule has 0 aromatic heterocycles. The standard InChI is InChI=1S/C8H12N2O2/c1-10-5-6(4-9)3-7(11)8(10)12-2/h5,7-8,11H,3H2,1-2H3/t7-,8-/m1/s1. The molecule has 4 nitrogen and oxygen atoms in total. The number of methoxy groups -OCH3 is 1. The number of aliphatic hydroxyl groups excluding tert-OH is 1. The number of nitriles is 1. The molecule has 0 amide bonds. The summed E-state index contributed by atoms with van der Waals surface area (Å²) in [5, 5.41) is 18.1. The van der Waals surface area contributed by atoms with Gasteiger partial charge in [0.15, 0.2) is 6.23 Å². The van der Waals surface area contributed by atoms with E-state index in [2.05, 4.69) is 0 Å². The maximum Gasteiger partial charge on any atom is 0.155 e. The van der Waals surface area contributed by atoms with Crippen LogP contribution in [0.15, 0.2) is 11.8 Å². The van der Waals surface area contributed by atoms with Crippen molar-refractivity contribution < 1.29 is 9.84 Å². The van der Waals surface area contributed by atoms with Crippen LogP contribution in [-0.4, -0.2) is 36.5 Å². The second kappa shape index (κ2) is 3.57. The minimum atomic E-state index is -0.611. The highest BCUT2D eigenvalue weighted by Gasteiger charge is 2.27. The Hall–Kier alpha value is -1.05. The zero-order chi connectivity index (χ0) is 9.14. The van der Waals surface area contributed by atoms with Crippen molar-refractivity contribution in [2.24, 2.45) is 0 Å². The van der Waals surface area contributed by atoms with Gasteiger partial charge in [-0.15, -0.1) is 0 Å². The average molecular weight is 168 g/mol. The Morgan fingerprint density at radius 1 is 1.83 bits per heavy atom. The van der Waals surface area contributed by atoms with E-state index in [1.54, 1.807) is 18.1 Å². The first-order valence-electron chi connectivity index (χ1n) is 3.72. The first-order valence-corrected chi connectivity index (χ1v) is 3.72. The van der Waals surface area contributed by atoms with E-state index in [1.165, 1.54) is 7.11 Å². The van der Waals surface area contributed by atoms with Gasteiger partial charge >= 0.3 is 0 Å². The van der Waals surface area contributed by atoms with Gasteiger partial charge in [0, 0.05) is 32.4 Å². The summed E-state index contributed by atoms with van der Waals surface area (Å²) in [6.07, 6.45) is 1.13. The maximum atomic E-state index is 9.48. The van der Waals surface area contributed by atoms with Crippen LogP contribution >= 0.6 is 0 Å². The summed E-state index contributed by atoms with van der Waals surface area (Å²) >= 11 is 0. The number of rotatable bonds is 1. The lowest BCUT2D eigenvalue weighted by atomic mass is 10.1. The maximum absolute atomic E-state index is 9.48. The Labute approximate surface area is 71.7 Å². The Kier molecular flexibility index (Phi) is 2.69. The highest BCUT2D eigenvalue weighted by Crippen LogP contribution is 2.19. The number of hydrogen-bond donors (Lipinski definition) is 1. The van der Waals surface area contributed by atoms with E-state index >= 15 is 0 Å². The molecule has 0 unspecified atom stereocenters. The Bertz CT molecular complexity index is 232. The molecule has 0 bridgehead atoms. The van der Waals surface area contributed by atoms with Crippen LogP contribution in [-0.2, 0) is 4.74 Å². The summed E-state index contributed by atoms with van der Waals surface area (Å²) in [4.78, 5) is 1.70. The van der Waals surface area contributed by atoms with Gasteiger partial charge < -0.3 is 14.7 Å². The lowest BCUT2D eigenvalue weighted by Gasteiger charge is -2.33. The van der Waals surface area contributed by atoms with Crippen LogP contribution in [0.25, 0.3) is 0 Å². The third kappa shape index (κ3) is 1.58. The molecule has 12 heavy (non-hydrogen) atoms. The Morgan fingerprint density at radius 3 is 2.92 bits per heavy atom. The first-order chi connectivity index (χ1) is 5.69. The van der Waals surface area contributed by atoms with Gasteiger partial charge in [0.25, 0.3) is 0 Å². The Balaban J connectivity index is 2.77. The quantitative estimate of drug-likeness (QED) is 0.601. The summed E-state index contributed by atoms with van der Waals surface area (Å²) in [7, 11) is 3.31. The molecule has 0 radical (unpaired) electrons. The van der Waals surface area contributed by atoms with Gasteiger partial charge in [0.1, 0.15) is 6.10 Å².